The zero-order valence-electron chi connectivity index (χ0n) is 12.5. The van der Waals surface area contributed by atoms with Crippen LogP contribution in [0.25, 0.3) is 0 Å². The van der Waals surface area contributed by atoms with Crippen molar-refractivity contribution in [3.05, 3.63) is 24.3 Å². The van der Waals surface area contributed by atoms with Crippen LogP contribution in [0.5, 0.6) is 5.75 Å². The van der Waals surface area contributed by atoms with E-state index in [2.05, 4.69) is 18.7 Å². The average Bonchev–Trinajstić information content (AvgIpc) is 2.44. The van der Waals surface area contributed by atoms with Gasteiger partial charge in [0.05, 0.1) is 6.61 Å². The minimum absolute atomic E-state index is 0.362. The second-order valence-electron chi connectivity index (χ2n) is 4.72. The molecule has 1 rings (SSSR count). The topological polar surface area (TPSA) is 62.2 Å². The summed E-state index contributed by atoms with van der Waals surface area (Å²) in [4.78, 5) is 2.29. The van der Waals surface area contributed by atoms with Crippen LogP contribution in [0, 0.1) is 0 Å². The van der Waals surface area contributed by atoms with E-state index >= 15 is 0 Å². The fourth-order valence-electron chi connectivity index (χ4n) is 2.05. The second-order valence-corrected chi connectivity index (χ2v) is 4.72. The molecule has 112 valence electrons. The second kappa shape index (κ2) is 8.97. The van der Waals surface area contributed by atoms with Crippen molar-refractivity contribution >= 4 is 12.6 Å². The molecular formula is C14H24BNO4. The van der Waals surface area contributed by atoms with Gasteiger partial charge in [0.2, 0.25) is 0 Å². The number of benzene rings is 1. The highest BCUT2D eigenvalue weighted by Gasteiger charge is 2.12. The van der Waals surface area contributed by atoms with Gasteiger partial charge in [0.15, 0.2) is 0 Å². The Bertz CT molecular complexity index is 372. The third kappa shape index (κ3) is 5.50. The third-order valence-corrected chi connectivity index (χ3v) is 3.26. The standard InChI is InChI=1S/C14H24BNO4/c1-4-16(12(2)11-19-3)9-10-20-14-7-5-13(6-8-14)15(17)18/h5-8,12,17-18H,4,9-11H2,1-3H3. The lowest BCUT2D eigenvalue weighted by atomic mass is 9.80. The number of ether oxygens (including phenoxy) is 2. The molecule has 2 N–H and O–H groups in total. The zero-order valence-corrected chi connectivity index (χ0v) is 12.5. The third-order valence-electron chi connectivity index (χ3n) is 3.26. The molecule has 0 bridgehead atoms. The van der Waals surface area contributed by atoms with E-state index in [1.54, 1.807) is 31.4 Å². The molecule has 6 heteroatoms. The van der Waals surface area contributed by atoms with Crippen LogP contribution in [-0.4, -0.2) is 61.5 Å². The average molecular weight is 281 g/mol. The van der Waals surface area contributed by atoms with E-state index in [9.17, 15) is 0 Å². The lowest BCUT2D eigenvalue weighted by Gasteiger charge is -2.27. The number of hydrogen-bond acceptors (Lipinski definition) is 5. The first kappa shape index (κ1) is 17.0. The largest absolute Gasteiger partial charge is 0.492 e. The van der Waals surface area contributed by atoms with Gasteiger partial charge in [-0.2, -0.15) is 0 Å². The van der Waals surface area contributed by atoms with Crippen molar-refractivity contribution in [3.63, 3.8) is 0 Å². The molecule has 0 fully saturated rings. The molecule has 20 heavy (non-hydrogen) atoms. The van der Waals surface area contributed by atoms with Gasteiger partial charge < -0.3 is 19.5 Å². The molecule has 0 saturated carbocycles. The van der Waals surface area contributed by atoms with Crippen LogP contribution in [0.3, 0.4) is 0 Å². The Hall–Kier alpha value is -1.08. The molecule has 0 aromatic heterocycles. The van der Waals surface area contributed by atoms with Crippen LogP contribution < -0.4 is 10.2 Å². The summed E-state index contributed by atoms with van der Waals surface area (Å²) in [7, 11) is 0.271. The van der Waals surface area contributed by atoms with Gasteiger partial charge in [0.25, 0.3) is 0 Å². The van der Waals surface area contributed by atoms with Crippen molar-refractivity contribution in [1.82, 2.24) is 4.90 Å². The minimum atomic E-state index is -1.44. The molecule has 0 aliphatic heterocycles. The molecule has 1 aromatic carbocycles. The highest BCUT2D eigenvalue weighted by molar-refractivity contribution is 6.58. The summed E-state index contributed by atoms with van der Waals surface area (Å²) in [5.74, 6) is 0.727. The first-order valence-electron chi connectivity index (χ1n) is 6.90. The summed E-state index contributed by atoms with van der Waals surface area (Å²) in [5, 5.41) is 18.0. The predicted molar refractivity (Wildman–Crippen MR) is 80.3 cm³/mol. The molecule has 0 aliphatic carbocycles. The van der Waals surface area contributed by atoms with Gasteiger partial charge >= 0.3 is 7.12 Å². The summed E-state index contributed by atoms with van der Waals surface area (Å²) in [6.07, 6.45) is 0. The van der Waals surface area contributed by atoms with Gasteiger partial charge in [-0.05, 0) is 31.1 Å². The summed E-state index contributed by atoms with van der Waals surface area (Å²) in [5.41, 5.74) is 0.459. The molecular weight excluding hydrogens is 257 g/mol. The summed E-state index contributed by atoms with van der Waals surface area (Å²) < 4.78 is 10.8. The fourth-order valence-corrected chi connectivity index (χ4v) is 2.05. The number of rotatable bonds is 9. The van der Waals surface area contributed by atoms with Gasteiger partial charge in [0.1, 0.15) is 12.4 Å². The normalized spacial score (nSPS) is 12.5. The van der Waals surface area contributed by atoms with E-state index < -0.39 is 7.12 Å². The summed E-state index contributed by atoms with van der Waals surface area (Å²) in [6.45, 7) is 7.31. The first-order valence-corrected chi connectivity index (χ1v) is 6.90. The maximum Gasteiger partial charge on any atom is 0.488 e. The number of methoxy groups -OCH3 is 1. The van der Waals surface area contributed by atoms with E-state index in [1.807, 2.05) is 0 Å². The molecule has 1 atom stereocenters. The lowest BCUT2D eigenvalue weighted by molar-refractivity contribution is 0.0920. The van der Waals surface area contributed by atoms with Crippen molar-refractivity contribution in [2.24, 2.45) is 0 Å². The van der Waals surface area contributed by atoms with Crippen LogP contribution in [0.15, 0.2) is 24.3 Å². The molecule has 5 nitrogen and oxygen atoms in total. The van der Waals surface area contributed by atoms with Gasteiger partial charge in [-0.25, -0.2) is 0 Å². The van der Waals surface area contributed by atoms with Crippen molar-refractivity contribution in [1.29, 1.82) is 0 Å². The lowest BCUT2D eigenvalue weighted by Crippen LogP contribution is -2.38. The van der Waals surface area contributed by atoms with E-state index in [1.165, 1.54) is 0 Å². The fraction of sp³-hybridized carbons (Fsp3) is 0.571. The molecule has 0 heterocycles. The summed E-state index contributed by atoms with van der Waals surface area (Å²) in [6, 6.07) is 7.13. The van der Waals surface area contributed by atoms with Crippen LogP contribution in [0.4, 0.5) is 0 Å². The first-order chi connectivity index (χ1) is 9.58. The molecule has 0 aliphatic rings. The molecule has 1 aromatic rings. The number of hydrogen-bond donors (Lipinski definition) is 2. The molecule has 0 amide bonds. The monoisotopic (exact) mass is 281 g/mol. The number of nitrogens with zero attached hydrogens (tertiary/aromatic N) is 1. The maximum atomic E-state index is 9.00. The van der Waals surface area contributed by atoms with Crippen LogP contribution in [-0.2, 0) is 4.74 Å². The summed E-state index contributed by atoms with van der Waals surface area (Å²) >= 11 is 0. The quantitative estimate of drug-likeness (QED) is 0.629. The van der Waals surface area contributed by atoms with Gasteiger partial charge in [-0.15, -0.1) is 0 Å². The SMILES string of the molecule is CCN(CCOc1ccc(B(O)O)cc1)C(C)COC. The molecule has 0 saturated heterocycles. The zero-order chi connectivity index (χ0) is 15.0. The van der Waals surface area contributed by atoms with Crippen molar-refractivity contribution in [2.45, 2.75) is 19.9 Å². The Morgan fingerprint density at radius 1 is 1.25 bits per heavy atom. The molecule has 0 spiro atoms. The molecule has 0 radical (unpaired) electrons. The highest BCUT2D eigenvalue weighted by atomic mass is 16.5. The van der Waals surface area contributed by atoms with E-state index in [-0.39, 0.29) is 0 Å². The Morgan fingerprint density at radius 2 is 1.90 bits per heavy atom. The van der Waals surface area contributed by atoms with Crippen molar-refractivity contribution in [3.8, 4) is 5.75 Å². The minimum Gasteiger partial charge on any atom is -0.492 e. The van der Waals surface area contributed by atoms with Crippen LogP contribution >= 0.6 is 0 Å². The van der Waals surface area contributed by atoms with Gasteiger partial charge in [0, 0.05) is 19.7 Å². The van der Waals surface area contributed by atoms with Crippen molar-refractivity contribution in [2.75, 3.05) is 33.4 Å². The Kier molecular flexibility index (Phi) is 7.61. The highest BCUT2D eigenvalue weighted by Crippen LogP contribution is 2.08. The van der Waals surface area contributed by atoms with Gasteiger partial charge in [-0.1, -0.05) is 19.1 Å². The smallest absolute Gasteiger partial charge is 0.488 e. The number of likely N-dealkylation sites (N-methyl/N-ethyl adjacent to an activating group) is 1. The van der Waals surface area contributed by atoms with Crippen LogP contribution in [0.1, 0.15) is 13.8 Å². The van der Waals surface area contributed by atoms with E-state index in [4.69, 9.17) is 19.5 Å². The Morgan fingerprint density at radius 3 is 2.40 bits per heavy atom. The van der Waals surface area contributed by atoms with Crippen molar-refractivity contribution < 1.29 is 19.5 Å². The maximum absolute atomic E-state index is 9.00. The molecule has 1 unspecified atom stereocenters. The Labute approximate surface area is 121 Å². The van der Waals surface area contributed by atoms with E-state index in [0.29, 0.717) is 24.7 Å². The Balaban J connectivity index is 2.39. The van der Waals surface area contributed by atoms with Crippen LogP contribution in [0.2, 0.25) is 0 Å². The van der Waals surface area contributed by atoms with Gasteiger partial charge in [-0.3, -0.25) is 4.90 Å². The van der Waals surface area contributed by atoms with E-state index in [0.717, 1.165) is 18.8 Å². The predicted octanol–water partition coefficient (Wildman–Crippen LogP) is 0.102.